The number of nitrogens with one attached hydrogen (secondary N) is 1. The predicted molar refractivity (Wildman–Crippen MR) is 268 cm³/mol. The fraction of sp³-hybridized carbons (Fsp3) is 0.647. The third-order valence-electron chi connectivity index (χ3n) is 14.1. The van der Waals surface area contributed by atoms with E-state index in [4.69, 9.17) is 34.2 Å². The number of methoxy groups -OCH3 is 1. The van der Waals surface area contributed by atoms with E-state index in [1.54, 1.807) is 54.8 Å². The van der Waals surface area contributed by atoms with E-state index in [9.17, 15) is 28.2 Å². The number of aromatic nitrogens is 3. The van der Waals surface area contributed by atoms with Crippen molar-refractivity contribution in [1.82, 2.24) is 30.1 Å². The standard InChI is InChI=1S/C50H73N7O11.CH3FS/c1-11-40-50(7)43(57(48(62)68-50)23-16-15-22-56-28-38(53-54-56)35-20-17-21-36(51)24-35)33(5)52-27-30(2)26-49(6,63-10)44(31(3)41(58)32(4)45(60)66-40)67-47-42(59)39(55(8)9)25-37(65-47)29-64-46(61)34-18-13-12-14-19-34;1-3-2/h12-14,17-21,24,28,30-33,37,39-40,42-44,47,52,59H,11,15-16,22-23,25-27,29,51H2,1-10H3;1H3/t30-,31+,32?,33-,37+,39?,40-,42?,43-,44-,47+,49-,50-;/m1./s1. The third kappa shape index (κ3) is 14.1. The number of carbonyl (C=O) groups excluding carboxylic acids is 4. The monoisotopic (exact) mass is 1010 g/mol. The summed E-state index contributed by atoms with van der Waals surface area (Å²) < 4.78 is 49.6. The summed E-state index contributed by atoms with van der Waals surface area (Å²) in [5, 5.41) is 24.1. The van der Waals surface area contributed by atoms with Gasteiger partial charge in [-0.15, -0.1) is 5.10 Å². The number of hydrogen-bond acceptors (Lipinski definition) is 17. The number of likely N-dealkylation sites (N-methyl/N-ethyl adjacent to an activating group) is 1. The highest BCUT2D eigenvalue weighted by Gasteiger charge is 2.59. The Morgan fingerprint density at radius 3 is 2.39 bits per heavy atom. The predicted octanol–water partition coefficient (Wildman–Crippen LogP) is 6.36. The molecule has 3 unspecified atom stereocenters. The number of benzene rings is 2. The molecule has 1 amide bonds. The number of ketones is 1. The van der Waals surface area contributed by atoms with Crippen LogP contribution in [0.3, 0.4) is 0 Å². The van der Waals surface area contributed by atoms with Gasteiger partial charge in [-0.2, -0.15) is 3.89 Å². The number of nitrogens with zero attached hydrogens (tertiary/aromatic N) is 5. The van der Waals surface area contributed by atoms with Crippen LogP contribution in [0.15, 0.2) is 60.8 Å². The lowest BCUT2D eigenvalue weighted by Gasteiger charge is -2.47. The zero-order chi connectivity index (χ0) is 52.2. The van der Waals surface area contributed by atoms with Crippen molar-refractivity contribution < 1.29 is 56.6 Å². The van der Waals surface area contributed by atoms with Crippen molar-refractivity contribution >= 4 is 41.7 Å². The molecule has 3 aliphatic heterocycles. The molecule has 3 fully saturated rings. The first kappa shape index (κ1) is 57.2. The summed E-state index contributed by atoms with van der Waals surface area (Å²) in [5.41, 5.74) is 6.16. The number of rotatable bonds is 14. The highest BCUT2D eigenvalue weighted by molar-refractivity contribution is 7.93. The molecule has 3 saturated heterocycles. The number of hydrogen-bond donors (Lipinski definition) is 3. The zero-order valence-corrected chi connectivity index (χ0v) is 43.9. The van der Waals surface area contributed by atoms with Gasteiger partial charge in [0, 0.05) is 67.9 Å². The van der Waals surface area contributed by atoms with E-state index in [0.717, 1.165) is 5.56 Å². The number of Topliss-reactive ketones (excluding diaryl/α,β-unsaturated/α-hetero) is 1. The maximum atomic E-state index is 14.6. The van der Waals surface area contributed by atoms with E-state index in [0.29, 0.717) is 68.7 Å². The first-order chi connectivity index (χ1) is 33.7. The lowest BCUT2D eigenvalue weighted by Crippen LogP contribution is -2.61. The molecule has 1 aromatic heterocycles. The Bertz CT molecular complexity index is 2210. The largest absolute Gasteiger partial charge is 0.459 e. The van der Waals surface area contributed by atoms with Gasteiger partial charge in [0.05, 0.1) is 35.6 Å². The smallest absolute Gasteiger partial charge is 0.410 e. The number of aryl methyl sites for hydroxylation is 1. The Labute approximate surface area is 422 Å². The van der Waals surface area contributed by atoms with Gasteiger partial charge in [-0.05, 0) is 111 Å². The number of nitrogens with two attached hydrogens (primary N) is 1. The van der Waals surface area contributed by atoms with Crippen LogP contribution in [0, 0.1) is 17.8 Å². The number of carbonyl (C=O) groups is 4. The van der Waals surface area contributed by atoms with E-state index < -0.39 is 89.6 Å². The van der Waals surface area contributed by atoms with Crippen LogP contribution in [-0.2, 0) is 44.6 Å². The number of ether oxygens (including phenoxy) is 6. The summed E-state index contributed by atoms with van der Waals surface area (Å²) in [4.78, 5) is 59.3. The molecule has 0 aliphatic carbocycles. The summed E-state index contributed by atoms with van der Waals surface area (Å²) >= 11 is 0.250. The zero-order valence-electron chi connectivity index (χ0n) is 43.1. The number of aliphatic hydroxyl groups is 1. The van der Waals surface area contributed by atoms with E-state index in [1.807, 2.05) is 76.3 Å². The number of esters is 2. The number of anilines is 1. The molecule has 0 spiro atoms. The molecular formula is C51H76FN7O11S. The van der Waals surface area contributed by atoms with Crippen LogP contribution in [0.4, 0.5) is 14.4 Å². The van der Waals surface area contributed by atoms with Crippen molar-refractivity contribution in [3.63, 3.8) is 0 Å². The topological polar surface area (TPSA) is 219 Å². The van der Waals surface area contributed by atoms with Gasteiger partial charge in [-0.3, -0.25) is 19.2 Å². The molecule has 0 saturated carbocycles. The number of amides is 1. The molecule has 20 heteroatoms. The summed E-state index contributed by atoms with van der Waals surface area (Å²) in [5.74, 6) is -4.06. The SMILES string of the molecule is CC[C@H]1OC(=O)C(C)C(=O)[C@H](C)[C@@H](O[C@@H]2O[C@H](COC(=O)c3ccccc3)CC(N(C)C)C2O)[C@](C)(OC)C[C@@H](C)CN[C@H](C)[C@H]2N(CCCCn3cc(-c4cccc(N)c4)nn3)C(=O)O[C@]12C.CSF. The second-order valence-corrected chi connectivity index (χ2v) is 20.0. The van der Waals surface area contributed by atoms with Crippen LogP contribution in [0.25, 0.3) is 11.3 Å². The van der Waals surface area contributed by atoms with Gasteiger partial charge in [0.2, 0.25) is 0 Å². The molecule has 18 nitrogen and oxygen atoms in total. The highest BCUT2D eigenvalue weighted by atomic mass is 32.2. The van der Waals surface area contributed by atoms with Crippen LogP contribution in [-0.4, -0.2) is 161 Å². The summed E-state index contributed by atoms with van der Waals surface area (Å²) in [6.45, 7) is 14.1. The fourth-order valence-corrected chi connectivity index (χ4v) is 10.3. The van der Waals surface area contributed by atoms with E-state index >= 15 is 0 Å². The van der Waals surface area contributed by atoms with Gasteiger partial charge in [-0.25, -0.2) is 9.59 Å². The average Bonchev–Trinajstić information content (AvgIpc) is 3.93. The second-order valence-electron chi connectivity index (χ2n) is 19.7. The summed E-state index contributed by atoms with van der Waals surface area (Å²) in [6, 6.07) is 14.7. The van der Waals surface area contributed by atoms with Gasteiger partial charge < -0.3 is 49.5 Å². The first-order valence-corrected chi connectivity index (χ1v) is 25.6. The Balaban J connectivity index is 0.00000305. The quantitative estimate of drug-likeness (QED) is 0.0526. The number of halogens is 1. The molecular weight excluding hydrogens is 938 g/mol. The molecule has 394 valence electrons. The van der Waals surface area contributed by atoms with Gasteiger partial charge in [0.1, 0.15) is 30.4 Å². The number of aliphatic hydroxyl groups excluding tert-OH is 1. The Kier molecular flexibility index (Phi) is 20.8. The van der Waals surface area contributed by atoms with Crippen molar-refractivity contribution in [1.29, 1.82) is 0 Å². The Morgan fingerprint density at radius 2 is 1.75 bits per heavy atom. The van der Waals surface area contributed by atoms with Crippen LogP contribution in [0.2, 0.25) is 0 Å². The van der Waals surface area contributed by atoms with Gasteiger partial charge in [0.15, 0.2) is 17.7 Å². The highest BCUT2D eigenvalue weighted by Crippen LogP contribution is 2.40. The van der Waals surface area contributed by atoms with Crippen molar-refractivity contribution in [2.45, 2.75) is 147 Å². The second kappa shape index (κ2) is 25.8. The molecule has 3 aromatic rings. The van der Waals surface area contributed by atoms with Crippen molar-refractivity contribution in [3.05, 3.63) is 66.4 Å². The maximum Gasteiger partial charge on any atom is 0.410 e. The van der Waals surface area contributed by atoms with Crippen LogP contribution < -0.4 is 11.1 Å². The Hall–Kier alpha value is -4.70. The summed E-state index contributed by atoms with van der Waals surface area (Å²) in [6.07, 6.45) is 0.0406. The number of unbranched alkanes of at least 4 members (excludes halogenated alkanes) is 1. The van der Waals surface area contributed by atoms with Crippen molar-refractivity contribution in [2.75, 3.05) is 52.9 Å². The van der Waals surface area contributed by atoms with E-state index in [-0.39, 0.29) is 30.7 Å². The third-order valence-corrected chi connectivity index (χ3v) is 14.1. The van der Waals surface area contributed by atoms with Gasteiger partial charge in [-0.1, -0.05) is 56.3 Å². The molecule has 3 aliphatic rings. The maximum absolute atomic E-state index is 14.6. The molecule has 4 heterocycles. The molecule has 71 heavy (non-hydrogen) atoms. The first-order valence-electron chi connectivity index (χ1n) is 24.5. The summed E-state index contributed by atoms with van der Waals surface area (Å²) in [7, 11) is 5.21. The van der Waals surface area contributed by atoms with Crippen LogP contribution in [0.5, 0.6) is 0 Å². The van der Waals surface area contributed by atoms with E-state index in [1.165, 1.54) is 13.2 Å². The Morgan fingerprint density at radius 1 is 1.06 bits per heavy atom. The van der Waals surface area contributed by atoms with Gasteiger partial charge >= 0.3 is 18.0 Å². The minimum absolute atomic E-state index is 0.0901. The number of cyclic esters (lactones) is 1. The van der Waals surface area contributed by atoms with Crippen LogP contribution >= 0.6 is 12.1 Å². The normalized spacial score (nSPS) is 31.9. The minimum Gasteiger partial charge on any atom is -0.459 e. The van der Waals surface area contributed by atoms with Crippen LogP contribution in [0.1, 0.15) is 90.9 Å². The fourth-order valence-electron chi connectivity index (χ4n) is 10.3. The number of nitrogen functional groups attached to an aromatic ring is 1. The molecule has 2 aromatic carbocycles. The van der Waals surface area contributed by atoms with Crippen molar-refractivity contribution in [2.24, 2.45) is 17.8 Å². The molecule has 0 bridgehead atoms. The average molecular weight is 1010 g/mol. The molecule has 6 rings (SSSR count). The lowest BCUT2D eigenvalue weighted by atomic mass is 9.78. The molecule has 0 radical (unpaired) electrons. The van der Waals surface area contributed by atoms with Gasteiger partial charge in [0.25, 0.3) is 0 Å². The minimum atomic E-state index is -1.28. The lowest BCUT2D eigenvalue weighted by molar-refractivity contribution is -0.300. The molecule has 13 atom stereocenters. The van der Waals surface area contributed by atoms with E-state index in [2.05, 4.69) is 22.6 Å². The molecule has 4 N–H and O–H groups in total. The number of fused-ring (bicyclic) bond motifs is 1. The van der Waals surface area contributed by atoms with Crippen molar-refractivity contribution in [3.8, 4) is 11.3 Å².